The number of aromatic amines is 1. The number of nitrogens with one attached hydrogen (secondary N) is 1. The molecule has 4 heterocycles. The number of carbonyl (C=O) groups excluding carboxylic acids is 1. The van der Waals surface area contributed by atoms with Gasteiger partial charge in [-0.3, -0.25) is 9.78 Å². The van der Waals surface area contributed by atoms with Crippen LogP contribution in [0.1, 0.15) is 18.4 Å². The van der Waals surface area contributed by atoms with Crippen LogP contribution in [0.2, 0.25) is 0 Å². The molecule has 0 aliphatic carbocycles. The largest absolute Gasteiger partial charge is 0.371 e. The summed E-state index contributed by atoms with van der Waals surface area (Å²) in [5.74, 6) is 0.197. The van der Waals surface area contributed by atoms with Gasteiger partial charge in [0.15, 0.2) is 0 Å². The summed E-state index contributed by atoms with van der Waals surface area (Å²) in [4.78, 5) is 21.7. The molecule has 0 spiro atoms. The molecule has 4 rings (SSSR count). The summed E-state index contributed by atoms with van der Waals surface area (Å²) >= 11 is 0. The predicted octanol–water partition coefficient (Wildman–Crippen LogP) is 1.50. The molecule has 2 bridgehead atoms. The van der Waals surface area contributed by atoms with Gasteiger partial charge in [0.1, 0.15) is 0 Å². The molecule has 2 aliphatic heterocycles. The van der Waals surface area contributed by atoms with E-state index in [-0.39, 0.29) is 18.1 Å². The maximum absolute atomic E-state index is 12.5. The highest BCUT2D eigenvalue weighted by Crippen LogP contribution is 2.27. The summed E-state index contributed by atoms with van der Waals surface area (Å²) in [5, 5.41) is 1.09. The fourth-order valence-electron chi connectivity index (χ4n) is 3.27. The van der Waals surface area contributed by atoms with Gasteiger partial charge in [-0.25, -0.2) is 0 Å². The minimum atomic E-state index is 0.197. The van der Waals surface area contributed by atoms with Gasteiger partial charge >= 0.3 is 0 Å². The normalized spacial score (nSPS) is 25.3. The molecule has 5 heteroatoms. The van der Waals surface area contributed by atoms with Crippen LogP contribution in [-0.2, 0) is 16.0 Å². The third-order valence-corrected chi connectivity index (χ3v) is 4.31. The molecule has 2 fully saturated rings. The quantitative estimate of drug-likeness (QED) is 0.900. The lowest BCUT2D eigenvalue weighted by atomic mass is 10.1. The second-order valence-electron chi connectivity index (χ2n) is 5.67. The minimum absolute atomic E-state index is 0.197. The fraction of sp³-hybridized carbons (Fsp3) is 0.467. The number of ether oxygens (including phenoxy) is 1. The van der Waals surface area contributed by atoms with Crippen LogP contribution in [0.4, 0.5) is 0 Å². The molecule has 5 nitrogen and oxygen atoms in total. The fourth-order valence-corrected chi connectivity index (χ4v) is 3.27. The number of likely N-dealkylation sites (tertiary alicyclic amines) is 1. The summed E-state index contributed by atoms with van der Waals surface area (Å²) in [5.41, 5.74) is 2.03. The Labute approximate surface area is 116 Å². The topological polar surface area (TPSA) is 58.2 Å². The zero-order valence-corrected chi connectivity index (χ0v) is 11.2. The van der Waals surface area contributed by atoms with Crippen LogP contribution in [0.25, 0.3) is 10.9 Å². The Kier molecular flexibility index (Phi) is 2.73. The van der Waals surface area contributed by atoms with Crippen LogP contribution in [-0.4, -0.2) is 46.1 Å². The Hall–Kier alpha value is -1.88. The summed E-state index contributed by atoms with van der Waals surface area (Å²) in [6.45, 7) is 1.50. The highest BCUT2D eigenvalue weighted by Gasteiger charge is 2.35. The van der Waals surface area contributed by atoms with Gasteiger partial charge in [0.2, 0.25) is 5.91 Å². The van der Waals surface area contributed by atoms with E-state index in [0.29, 0.717) is 6.42 Å². The van der Waals surface area contributed by atoms with Crippen molar-refractivity contribution in [1.82, 2.24) is 14.9 Å². The SMILES string of the molecule is O=C(Cc1c[nH]c2cnccc12)N1CC2CCC(C1)O2. The highest BCUT2D eigenvalue weighted by molar-refractivity contribution is 5.88. The van der Waals surface area contributed by atoms with E-state index in [1.54, 1.807) is 12.4 Å². The molecule has 20 heavy (non-hydrogen) atoms. The number of amides is 1. The third kappa shape index (κ3) is 1.98. The molecular weight excluding hydrogens is 254 g/mol. The number of morpholine rings is 1. The van der Waals surface area contributed by atoms with Crippen molar-refractivity contribution in [2.24, 2.45) is 0 Å². The Morgan fingerprint density at radius 1 is 1.40 bits per heavy atom. The van der Waals surface area contributed by atoms with Crippen LogP contribution in [0, 0.1) is 0 Å². The lowest BCUT2D eigenvalue weighted by Gasteiger charge is -2.32. The van der Waals surface area contributed by atoms with E-state index >= 15 is 0 Å². The van der Waals surface area contributed by atoms with Crippen LogP contribution >= 0.6 is 0 Å². The highest BCUT2D eigenvalue weighted by atomic mass is 16.5. The Morgan fingerprint density at radius 2 is 2.20 bits per heavy atom. The lowest BCUT2D eigenvalue weighted by Crippen LogP contribution is -2.46. The van der Waals surface area contributed by atoms with Gasteiger partial charge in [-0.15, -0.1) is 0 Å². The number of nitrogens with zero attached hydrogens (tertiary/aromatic N) is 2. The number of carbonyl (C=O) groups is 1. The Bertz CT molecular complexity index is 639. The van der Waals surface area contributed by atoms with Gasteiger partial charge in [-0.05, 0) is 24.5 Å². The number of rotatable bonds is 2. The first kappa shape index (κ1) is 11.9. The van der Waals surface area contributed by atoms with Crippen molar-refractivity contribution in [2.75, 3.05) is 13.1 Å². The summed E-state index contributed by atoms with van der Waals surface area (Å²) in [6.07, 6.45) is 8.61. The zero-order chi connectivity index (χ0) is 13.5. The first-order chi connectivity index (χ1) is 9.79. The van der Waals surface area contributed by atoms with Crippen LogP contribution in [0.3, 0.4) is 0 Å². The molecule has 1 N–H and O–H groups in total. The second kappa shape index (κ2) is 4.59. The molecular formula is C15H17N3O2. The average molecular weight is 271 g/mol. The Balaban J connectivity index is 1.52. The molecule has 2 aliphatic rings. The monoisotopic (exact) mass is 271 g/mol. The number of hydrogen-bond donors (Lipinski definition) is 1. The standard InChI is InChI=1S/C15H17N3O2/c19-15(18-8-11-1-2-12(9-18)20-11)5-10-6-17-14-7-16-4-3-13(10)14/h3-4,6-7,11-12,17H,1-2,5,8-9H2. The molecule has 2 aromatic rings. The number of aromatic nitrogens is 2. The van der Waals surface area contributed by atoms with Gasteiger partial charge in [0, 0.05) is 30.9 Å². The smallest absolute Gasteiger partial charge is 0.227 e. The van der Waals surface area contributed by atoms with E-state index in [4.69, 9.17) is 4.74 Å². The zero-order valence-electron chi connectivity index (χ0n) is 11.2. The van der Waals surface area contributed by atoms with E-state index in [1.807, 2.05) is 17.2 Å². The number of fused-ring (bicyclic) bond motifs is 3. The van der Waals surface area contributed by atoms with Crippen molar-refractivity contribution >= 4 is 16.8 Å². The number of H-pyrrole nitrogens is 1. The molecule has 0 saturated carbocycles. The molecule has 0 aromatic carbocycles. The van der Waals surface area contributed by atoms with E-state index in [1.165, 1.54) is 0 Å². The minimum Gasteiger partial charge on any atom is -0.371 e. The second-order valence-corrected chi connectivity index (χ2v) is 5.67. The summed E-state index contributed by atoms with van der Waals surface area (Å²) in [6, 6.07) is 1.96. The average Bonchev–Trinajstić information content (AvgIpc) is 3.03. The molecule has 2 saturated heterocycles. The lowest BCUT2D eigenvalue weighted by molar-refractivity contribution is -0.139. The van der Waals surface area contributed by atoms with Crippen LogP contribution < -0.4 is 0 Å². The summed E-state index contributed by atoms with van der Waals surface area (Å²) < 4.78 is 5.77. The van der Waals surface area contributed by atoms with Crippen molar-refractivity contribution in [3.63, 3.8) is 0 Å². The molecule has 2 unspecified atom stereocenters. The van der Waals surface area contributed by atoms with Crippen molar-refractivity contribution in [2.45, 2.75) is 31.5 Å². The first-order valence-corrected chi connectivity index (χ1v) is 7.13. The molecule has 104 valence electrons. The molecule has 1 amide bonds. The van der Waals surface area contributed by atoms with E-state index < -0.39 is 0 Å². The van der Waals surface area contributed by atoms with Gasteiger partial charge in [0.05, 0.1) is 30.3 Å². The molecule has 2 aromatic heterocycles. The van der Waals surface area contributed by atoms with Crippen LogP contribution in [0.5, 0.6) is 0 Å². The van der Waals surface area contributed by atoms with E-state index in [9.17, 15) is 4.79 Å². The van der Waals surface area contributed by atoms with Gasteiger partial charge in [-0.2, -0.15) is 0 Å². The first-order valence-electron chi connectivity index (χ1n) is 7.13. The molecule has 2 atom stereocenters. The van der Waals surface area contributed by atoms with Gasteiger partial charge in [-0.1, -0.05) is 0 Å². The van der Waals surface area contributed by atoms with Crippen LogP contribution in [0.15, 0.2) is 24.7 Å². The maximum Gasteiger partial charge on any atom is 0.227 e. The number of hydrogen-bond acceptors (Lipinski definition) is 3. The maximum atomic E-state index is 12.5. The third-order valence-electron chi connectivity index (χ3n) is 4.31. The number of pyridine rings is 1. The summed E-state index contributed by atoms with van der Waals surface area (Å²) in [7, 11) is 0. The molecule has 0 radical (unpaired) electrons. The van der Waals surface area contributed by atoms with Gasteiger partial charge in [0.25, 0.3) is 0 Å². The van der Waals surface area contributed by atoms with E-state index in [2.05, 4.69) is 9.97 Å². The van der Waals surface area contributed by atoms with Crippen molar-refractivity contribution < 1.29 is 9.53 Å². The van der Waals surface area contributed by atoms with Gasteiger partial charge < -0.3 is 14.6 Å². The van der Waals surface area contributed by atoms with E-state index in [0.717, 1.165) is 42.4 Å². The predicted molar refractivity (Wildman–Crippen MR) is 74.3 cm³/mol. The van der Waals surface area contributed by atoms with Crippen molar-refractivity contribution in [3.8, 4) is 0 Å². The van der Waals surface area contributed by atoms with Crippen molar-refractivity contribution in [1.29, 1.82) is 0 Å². The Morgan fingerprint density at radius 3 is 3.00 bits per heavy atom. The van der Waals surface area contributed by atoms with Crippen molar-refractivity contribution in [3.05, 3.63) is 30.2 Å².